The molecule has 0 bridgehead atoms. The molecule has 0 spiro atoms. The molecule has 6 nitrogen and oxygen atoms in total. The maximum atomic E-state index is 13.8. The van der Waals surface area contributed by atoms with E-state index in [4.69, 9.17) is 0 Å². The molecule has 0 amide bonds. The van der Waals surface area contributed by atoms with Crippen LogP contribution in [0.15, 0.2) is 35.3 Å². The second-order valence-corrected chi connectivity index (χ2v) is 5.13. The Hall–Kier alpha value is -2.58. The van der Waals surface area contributed by atoms with Crippen LogP contribution in [-0.4, -0.2) is 45.1 Å². The van der Waals surface area contributed by atoms with Crippen LogP contribution in [0.2, 0.25) is 0 Å². The zero-order valence-corrected chi connectivity index (χ0v) is 15.0. The Morgan fingerprint density at radius 3 is 2.08 bits per heavy atom. The van der Waals surface area contributed by atoms with Crippen molar-refractivity contribution in [1.82, 2.24) is 4.57 Å². The van der Waals surface area contributed by atoms with Crippen LogP contribution in [0.3, 0.4) is 0 Å². The van der Waals surface area contributed by atoms with Crippen LogP contribution >= 0.6 is 0 Å². The number of benzene rings is 1. The molecule has 0 aliphatic rings. The number of hydrogen-bond donors (Lipinski definition) is 0. The van der Waals surface area contributed by atoms with Gasteiger partial charge in [-0.3, -0.25) is 4.79 Å². The first kappa shape index (κ1) is 21.5. The van der Waals surface area contributed by atoms with Gasteiger partial charge in [-0.15, -0.1) is 0 Å². The number of rotatable bonds is 5. The van der Waals surface area contributed by atoms with E-state index in [9.17, 15) is 18.4 Å². The number of hydrogen-bond acceptors (Lipinski definition) is 5. The Morgan fingerprint density at radius 2 is 1.62 bits per heavy atom. The highest BCUT2D eigenvalue weighted by Crippen LogP contribution is 2.24. The van der Waals surface area contributed by atoms with Crippen LogP contribution < -0.4 is 5.56 Å². The van der Waals surface area contributed by atoms with E-state index >= 15 is 0 Å². The monoisotopic (exact) mass is 369 g/mol. The highest BCUT2D eigenvalue weighted by Gasteiger charge is 2.18. The Morgan fingerprint density at radius 1 is 1.08 bits per heavy atom. The predicted molar refractivity (Wildman–Crippen MR) is 92.1 cm³/mol. The lowest BCUT2D eigenvalue weighted by molar-refractivity contribution is 0.0599. The van der Waals surface area contributed by atoms with E-state index in [0.717, 1.165) is 22.8 Å². The van der Waals surface area contributed by atoms with Gasteiger partial charge < -0.3 is 18.8 Å². The van der Waals surface area contributed by atoms with Gasteiger partial charge in [-0.05, 0) is 18.2 Å². The van der Waals surface area contributed by atoms with E-state index in [0.29, 0.717) is 13.2 Å². The molecule has 26 heavy (non-hydrogen) atoms. The normalized spacial score (nSPS) is 10.1. The number of halogens is 2. The fourth-order valence-corrected chi connectivity index (χ4v) is 2.04. The number of nitrogens with zero attached hydrogens (tertiary/aromatic N) is 1. The lowest BCUT2D eigenvalue weighted by Gasteiger charge is -2.09. The van der Waals surface area contributed by atoms with Gasteiger partial charge in [-0.1, -0.05) is 6.07 Å². The summed E-state index contributed by atoms with van der Waals surface area (Å²) in [7, 11) is 5.87. The van der Waals surface area contributed by atoms with E-state index in [1.807, 2.05) is 0 Å². The van der Waals surface area contributed by atoms with Crippen molar-refractivity contribution in [2.45, 2.75) is 0 Å². The fraction of sp³-hybridized carbons (Fsp3) is 0.333. The number of pyridine rings is 1. The summed E-state index contributed by atoms with van der Waals surface area (Å²) < 4.78 is 42.4. The van der Waals surface area contributed by atoms with E-state index in [1.165, 1.54) is 26.4 Å². The molecule has 0 N–H and O–H groups in total. The molecule has 0 saturated heterocycles. The minimum absolute atomic E-state index is 0.0345. The van der Waals surface area contributed by atoms with Gasteiger partial charge in [-0.25, -0.2) is 13.6 Å². The number of carbonyl (C=O) groups is 1. The first-order valence-electron chi connectivity index (χ1n) is 7.58. The second kappa shape index (κ2) is 10.4. The summed E-state index contributed by atoms with van der Waals surface area (Å²) in [5.41, 5.74) is -1.27. The van der Waals surface area contributed by atoms with Crippen molar-refractivity contribution in [1.29, 1.82) is 0 Å². The van der Waals surface area contributed by atoms with Crippen LogP contribution in [0.1, 0.15) is 10.4 Å². The van der Waals surface area contributed by atoms with Gasteiger partial charge in [0, 0.05) is 27.5 Å². The predicted octanol–water partition coefficient (Wildman–Crippen LogP) is 2.40. The number of aromatic nitrogens is 1. The van der Waals surface area contributed by atoms with Gasteiger partial charge in [0.15, 0.2) is 0 Å². The third kappa shape index (κ3) is 5.47. The molecule has 0 fully saturated rings. The largest absolute Gasteiger partial charge is 0.465 e. The molecular weight excluding hydrogens is 348 g/mol. The standard InChI is InChI=1S/C14H11F2NO3.C4H10O2/c1-17-7-8(14(19)20-2)6-9(13(17)18)12-10(15)4-3-5-11(12)16;1-5-3-4-6-2/h3-7H,1-2H3;3-4H2,1-2H3. The third-order valence-electron chi connectivity index (χ3n) is 3.33. The lowest BCUT2D eigenvalue weighted by atomic mass is 10.0. The molecular formula is C18H21F2NO5. The summed E-state index contributed by atoms with van der Waals surface area (Å²) in [5, 5.41) is 0. The smallest absolute Gasteiger partial charge is 0.339 e. The highest BCUT2D eigenvalue weighted by molar-refractivity contribution is 5.90. The van der Waals surface area contributed by atoms with Crippen molar-refractivity contribution < 1.29 is 27.8 Å². The zero-order valence-electron chi connectivity index (χ0n) is 15.0. The van der Waals surface area contributed by atoms with E-state index < -0.39 is 28.7 Å². The minimum Gasteiger partial charge on any atom is -0.465 e. The third-order valence-corrected chi connectivity index (χ3v) is 3.33. The molecule has 8 heteroatoms. The zero-order chi connectivity index (χ0) is 19.7. The molecule has 1 aromatic heterocycles. The average Bonchev–Trinajstić information content (AvgIpc) is 2.62. The summed E-state index contributed by atoms with van der Waals surface area (Å²) in [6, 6.07) is 4.41. The summed E-state index contributed by atoms with van der Waals surface area (Å²) in [6.07, 6.45) is 1.25. The van der Waals surface area contributed by atoms with Crippen LogP contribution in [-0.2, 0) is 21.3 Å². The van der Waals surface area contributed by atoms with Gasteiger partial charge in [-0.2, -0.15) is 0 Å². The molecule has 1 aromatic carbocycles. The number of carbonyl (C=O) groups excluding carboxylic acids is 1. The maximum absolute atomic E-state index is 13.8. The minimum atomic E-state index is -0.871. The average molecular weight is 369 g/mol. The van der Waals surface area contributed by atoms with E-state index in [-0.39, 0.29) is 11.1 Å². The topological polar surface area (TPSA) is 66.8 Å². The van der Waals surface area contributed by atoms with Crippen molar-refractivity contribution in [3.05, 3.63) is 58.0 Å². The molecule has 2 aromatic rings. The molecule has 0 saturated carbocycles. The van der Waals surface area contributed by atoms with Gasteiger partial charge in [0.1, 0.15) is 11.6 Å². The van der Waals surface area contributed by atoms with Crippen molar-refractivity contribution in [3.8, 4) is 11.1 Å². The number of ether oxygens (including phenoxy) is 3. The first-order chi connectivity index (χ1) is 12.4. The Kier molecular flexibility index (Phi) is 8.60. The summed E-state index contributed by atoms with van der Waals surface area (Å²) in [5.74, 6) is -2.44. The van der Waals surface area contributed by atoms with E-state index in [1.54, 1.807) is 14.2 Å². The lowest BCUT2D eigenvalue weighted by Crippen LogP contribution is -2.21. The van der Waals surface area contributed by atoms with Gasteiger partial charge in [0.2, 0.25) is 0 Å². The molecule has 142 valence electrons. The maximum Gasteiger partial charge on any atom is 0.339 e. The van der Waals surface area contributed by atoms with E-state index in [2.05, 4.69) is 14.2 Å². The van der Waals surface area contributed by atoms with Gasteiger partial charge >= 0.3 is 5.97 Å². The fourth-order valence-electron chi connectivity index (χ4n) is 2.04. The van der Waals surface area contributed by atoms with Crippen molar-refractivity contribution in [3.63, 3.8) is 0 Å². The molecule has 2 rings (SSSR count). The van der Waals surface area contributed by atoms with Crippen molar-refractivity contribution in [2.24, 2.45) is 7.05 Å². The van der Waals surface area contributed by atoms with Crippen molar-refractivity contribution in [2.75, 3.05) is 34.5 Å². The number of aryl methyl sites for hydroxylation is 1. The highest BCUT2D eigenvalue weighted by atomic mass is 19.1. The van der Waals surface area contributed by atoms with Crippen LogP contribution in [0, 0.1) is 11.6 Å². The van der Waals surface area contributed by atoms with Crippen molar-refractivity contribution >= 4 is 5.97 Å². The van der Waals surface area contributed by atoms with Crippen LogP contribution in [0.5, 0.6) is 0 Å². The van der Waals surface area contributed by atoms with Crippen LogP contribution in [0.4, 0.5) is 8.78 Å². The van der Waals surface area contributed by atoms with Gasteiger partial charge in [0.05, 0.1) is 37.0 Å². The second-order valence-electron chi connectivity index (χ2n) is 5.13. The van der Waals surface area contributed by atoms with Gasteiger partial charge in [0.25, 0.3) is 5.56 Å². The first-order valence-corrected chi connectivity index (χ1v) is 7.58. The summed E-state index contributed by atoms with van der Waals surface area (Å²) >= 11 is 0. The Labute approximate surface area is 149 Å². The summed E-state index contributed by atoms with van der Waals surface area (Å²) in [6.45, 7) is 1.38. The number of esters is 1. The SMILES string of the molecule is COC(=O)c1cc(-c2c(F)cccc2F)c(=O)n(C)c1.COCCOC. The molecule has 0 radical (unpaired) electrons. The number of methoxy groups -OCH3 is 3. The Balaban J connectivity index is 0.000000487. The quantitative estimate of drug-likeness (QED) is 0.598. The van der Waals surface area contributed by atoms with Crippen LogP contribution in [0.25, 0.3) is 11.1 Å². The Bertz CT molecular complexity index is 780. The molecule has 0 aliphatic heterocycles. The molecule has 1 heterocycles. The molecule has 0 aliphatic carbocycles. The summed E-state index contributed by atoms with van der Waals surface area (Å²) in [4.78, 5) is 23.5. The molecule has 0 atom stereocenters. The molecule has 0 unspecified atom stereocenters.